The van der Waals surface area contributed by atoms with Crippen LogP contribution in [0.25, 0.3) is 11.1 Å². The van der Waals surface area contributed by atoms with Gasteiger partial charge in [0, 0.05) is 31.1 Å². The summed E-state index contributed by atoms with van der Waals surface area (Å²) >= 11 is 6.06. The molecule has 10 nitrogen and oxygen atoms in total. The van der Waals surface area contributed by atoms with E-state index in [4.69, 9.17) is 25.8 Å². The van der Waals surface area contributed by atoms with Crippen molar-refractivity contribution in [3.8, 4) is 22.6 Å². The summed E-state index contributed by atoms with van der Waals surface area (Å²) in [6, 6.07) is 20.5. The minimum atomic E-state index is -4.05. The lowest BCUT2D eigenvalue weighted by molar-refractivity contribution is -0.136. The summed E-state index contributed by atoms with van der Waals surface area (Å²) in [4.78, 5) is 28.5. The fourth-order valence-corrected chi connectivity index (χ4v) is 9.00. The summed E-state index contributed by atoms with van der Waals surface area (Å²) < 4.78 is 47.6. The molecule has 280 valence electrons. The predicted molar refractivity (Wildman–Crippen MR) is 201 cm³/mol. The van der Waals surface area contributed by atoms with Gasteiger partial charge in [-0.2, -0.15) is 4.31 Å². The molecular formula is C40H50ClN3O7S. The third kappa shape index (κ3) is 9.79. The molecule has 0 aromatic heterocycles. The monoisotopic (exact) mass is 751 g/mol. The minimum absolute atomic E-state index is 0.110. The Morgan fingerprint density at radius 2 is 1.46 bits per heavy atom. The Labute approximate surface area is 312 Å². The summed E-state index contributed by atoms with van der Waals surface area (Å²) in [6.07, 6.45) is 6.22. The van der Waals surface area contributed by atoms with Crippen LogP contribution in [-0.4, -0.2) is 79.7 Å². The van der Waals surface area contributed by atoms with E-state index in [1.807, 2.05) is 48.5 Å². The van der Waals surface area contributed by atoms with Crippen molar-refractivity contribution in [1.82, 2.24) is 14.5 Å². The van der Waals surface area contributed by atoms with Gasteiger partial charge in [-0.15, -0.1) is 0 Å². The van der Waals surface area contributed by atoms with Crippen LogP contribution in [0.3, 0.4) is 0 Å². The van der Waals surface area contributed by atoms with Gasteiger partial charge in [0.15, 0.2) is 0 Å². The number of alkyl carbamates (subject to hydrolysis) is 1. The molecule has 12 heteroatoms. The zero-order chi connectivity index (χ0) is 36.9. The Hall–Kier alpha value is -3.80. The quantitative estimate of drug-likeness (QED) is 0.226. The molecule has 3 fully saturated rings. The molecule has 3 aliphatic rings. The Kier molecular flexibility index (Phi) is 12.0. The third-order valence-electron chi connectivity index (χ3n) is 9.99. The number of hydrogen-bond donors (Lipinski definition) is 1. The average molecular weight is 752 g/mol. The Morgan fingerprint density at radius 1 is 0.827 bits per heavy atom. The number of rotatable bonds is 10. The standard InChI is InChI=1S/C40H50ClN3O7S/c1-40(2,3)51-39(46)42-32-21-23-43(26-32)38(45)37-25-35(50-34-15-11-30(12-16-34)29-9-13-31(41)14-10-29)22-24-44(37)52(47,48)36-19-17-33(18-20-36)49-27-28-7-5-4-6-8-28/h9-20,28,32,35,37H,4-8,21-27H2,1-3H3,(H,42,46)/t32-,35+,37-/m0/s1. The first kappa shape index (κ1) is 37.9. The fraction of sp³-hybridized carbons (Fsp3) is 0.500. The zero-order valence-corrected chi connectivity index (χ0v) is 31.8. The fourth-order valence-electron chi connectivity index (χ4n) is 7.27. The topological polar surface area (TPSA) is 114 Å². The number of sulfonamides is 1. The molecular weight excluding hydrogens is 702 g/mol. The van der Waals surface area contributed by atoms with E-state index in [1.165, 1.54) is 23.6 Å². The van der Waals surface area contributed by atoms with Gasteiger partial charge in [-0.3, -0.25) is 4.79 Å². The van der Waals surface area contributed by atoms with Crippen LogP contribution in [0.4, 0.5) is 4.79 Å². The van der Waals surface area contributed by atoms with Crippen molar-refractivity contribution in [2.45, 2.75) is 101 Å². The molecule has 0 unspecified atom stereocenters. The lowest BCUT2D eigenvalue weighted by Crippen LogP contribution is -2.56. The van der Waals surface area contributed by atoms with Gasteiger partial charge in [-0.1, -0.05) is 55.1 Å². The van der Waals surface area contributed by atoms with Crippen molar-refractivity contribution < 1.29 is 32.2 Å². The summed E-state index contributed by atoms with van der Waals surface area (Å²) in [5, 5.41) is 3.52. The average Bonchev–Trinajstić information content (AvgIpc) is 3.59. The third-order valence-corrected chi connectivity index (χ3v) is 12.2. The van der Waals surface area contributed by atoms with Gasteiger partial charge in [0.1, 0.15) is 29.2 Å². The summed E-state index contributed by atoms with van der Waals surface area (Å²) in [5.41, 5.74) is 1.38. The highest BCUT2D eigenvalue weighted by atomic mass is 35.5. The Morgan fingerprint density at radius 3 is 2.12 bits per heavy atom. The van der Waals surface area contributed by atoms with Gasteiger partial charge in [0.25, 0.3) is 0 Å². The number of carbonyl (C=O) groups excluding carboxylic acids is 2. The van der Waals surface area contributed by atoms with Gasteiger partial charge in [-0.05, 0) is 112 Å². The molecule has 1 N–H and O–H groups in total. The van der Waals surface area contributed by atoms with Crippen LogP contribution in [0.5, 0.6) is 11.5 Å². The Bertz CT molecular complexity index is 1770. The van der Waals surface area contributed by atoms with E-state index in [9.17, 15) is 18.0 Å². The summed E-state index contributed by atoms with van der Waals surface area (Å²) in [7, 11) is -4.05. The first-order valence-corrected chi connectivity index (χ1v) is 20.2. The maximum Gasteiger partial charge on any atom is 0.407 e. The van der Waals surface area contributed by atoms with Crippen molar-refractivity contribution in [3.63, 3.8) is 0 Å². The molecule has 1 aliphatic carbocycles. The molecule has 1 saturated carbocycles. The van der Waals surface area contributed by atoms with Crippen LogP contribution < -0.4 is 14.8 Å². The number of nitrogens with zero attached hydrogens (tertiary/aromatic N) is 2. The number of likely N-dealkylation sites (tertiary alicyclic amines) is 1. The normalized spacial score (nSPS) is 21.8. The second-order valence-electron chi connectivity index (χ2n) is 15.1. The maximum absolute atomic E-state index is 14.3. The second kappa shape index (κ2) is 16.5. The second-order valence-corrected chi connectivity index (χ2v) is 17.5. The molecule has 0 radical (unpaired) electrons. The van der Waals surface area contributed by atoms with E-state index in [-0.39, 0.29) is 36.4 Å². The molecule has 52 heavy (non-hydrogen) atoms. The minimum Gasteiger partial charge on any atom is -0.493 e. The van der Waals surface area contributed by atoms with Crippen LogP contribution in [0.15, 0.2) is 77.7 Å². The van der Waals surface area contributed by atoms with Gasteiger partial charge in [-0.25, -0.2) is 13.2 Å². The van der Waals surface area contributed by atoms with Crippen LogP contribution in [0.1, 0.15) is 72.1 Å². The maximum atomic E-state index is 14.3. The van der Waals surface area contributed by atoms with Crippen LogP contribution in [0.2, 0.25) is 5.02 Å². The molecule has 2 amide bonds. The largest absolute Gasteiger partial charge is 0.493 e. The molecule has 2 heterocycles. The van der Waals surface area contributed by atoms with Crippen molar-refractivity contribution >= 4 is 33.6 Å². The molecule has 2 aliphatic heterocycles. The van der Waals surface area contributed by atoms with Crippen molar-refractivity contribution in [1.29, 1.82) is 0 Å². The number of nitrogens with one attached hydrogen (secondary N) is 1. The highest BCUT2D eigenvalue weighted by Gasteiger charge is 2.44. The zero-order valence-electron chi connectivity index (χ0n) is 30.3. The predicted octanol–water partition coefficient (Wildman–Crippen LogP) is 7.69. The molecule has 0 spiro atoms. The van der Waals surface area contributed by atoms with E-state index < -0.39 is 33.9 Å². The highest BCUT2D eigenvalue weighted by molar-refractivity contribution is 7.89. The van der Waals surface area contributed by atoms with Gasteiger partial charge < -0.3 is 24.4 Å². The number of hydrogen-bond acceptors (Lipinski definition) is 7. The van der Waals surface area contributed by atoms with Crippen LogP contribution in [0, 0.1) is 5.92 Å². The first-order valence-electron chi connectivity index (χ1n) is 18.4. The SMILES string of the molecule is CC(C)(C)OC(=O)N[C@H]1CCN(C(=O)[C@@H]2C[C@H](Oc3ccc(-c4ccc(Cl)cc4)cc3)CCN2S(=O)(=O)c2ccc(OCC3CCCCC3)cc2)C1. The van der Waals surface area contributed by atoms with Crippen LogP contribution >= 0.6 is 11.6 Å². The van der Waals surface area contributed by atoms with Gasteiger partial charge in [0.05, 0.1) is 17.5 Å². The number of halogens is 1. The molecule has 3 aromatic rings. The molecule has 3 atom stereocenters. The van der Waals surface area contributed by atoms with Crippen molar-refractivity contribution in [3.05, 3.63) is 77.8 Å². The number of benzene rings is 3. The van der Waals surface area contributed by atoms with Gasteiger partial charge in [0.2, 0.25) is 15.9 Å². The lowest BCUT2D eigenvalue weighted by Gasteiger charge is -2.39. The highest BCUT2D eigenvalue weighted by Crippen LogP contribution is 2.32. The molecule has 2 saturated heterocycles. The summed E-state index contributed by atoms with van der Waals surface area (Å²) in [6.45, 7) is 6.75. The van der Waals surface area contributed by atoms with E-state index >= 15 is 0 Å². The Balaban J connectivity index is 1.16. The molecule has 0 bridgehead atoms. The molecule has 3 aromatic carbocycles. The molecule has 6 rings (SSSR count). The van der Waals surface area contributed by atoms with Crippen molar-refractivity contribution in [2.75, 3.05) is 26.2 Å². The van der Waals surface area contributed by atoms with Gasteiger partial charge >= 0.3 is 6.09 Å². The van der Waals surface area contributed by atoms with E-state index in [0.717, 1.165) is 24.0 Å². The number of amides is 2. The number of ether oxygens (including phenoxy) is 3. The van der Waals surface area contributed by atoms with Crippen LogP contribution in [-0.2, 0) is 19.6 Å². The summed E-state index contributed by atoms with van der Waals surface area (Å²) in [5.74, 6) is 1.48. The van der Waals surface area contributed by atoms with E-state index in [1.54, 1.807) is 49.9 Å². The first-order chi connectivity index (χ1) is 24.8. The van der Waals surface area contributed by atoms with Crippen molar-refractivity contribution in [2.24, 2.45) is 5.92 Å². The smallest absolute Gasteiger partial charge is 0.407 e. The number of carbonyl (C=O) groups is 2. The lowest BCUT2D eigenvalue weighted by atomic mass is 9.90. The van der Waals surface area contributed by atoms with E-state index in [0.29, 0.717) is 48.4 Å². The number of piperidine rings is 1. The van der Waals surface area contributed by atoms with E-state index in [2.05, 4.69) is 5.32 Å².